The van der Waals surface area contributed by atoms with E-state index in [2.05, 4.69) is 64.9 Å². The second-order valence-electron chi connectivity index (χ2n) is 7.94. The van der Waals surface area contributed by atoms with Crippen molar-refractivity contribution in [1.82, 2.24) is 14.4 Å². The quantitative estimate of drug-likeness (QED) is 0.425. The molecular formula is C26H24N4O. The zero-order valence-electron chi connectivity index (χ0n) is 17.6. The number of benzene rings is 2. The first kappa shape index (κ1) is 19.1. The van der Waals surface area contributed by atoms with Gasteiger partial charge in [0.15, 0.2) is 0 Å². The van der Waals surface area contributed by atoms with E-state index in [0.717, 1.165) is 46.6 Å². The molecule has 5 aromatic rings. The van der Waals surface area contributed by atoms with Crippen LogP contribution in [0.3, 0.4) is 0 Å². The summed E-state index contributed by atoms with van der Waals surface area (Å²) in [6.45, 7) is 4.84. The fourth-order valence-electron chi connectivity index (χ4n) is 4.08. The van der Waals surface area contributed by atoms with Crippen LogP contribution in [0.15, 0.2) is 77.6 Å². The van der Waals surface area contributed by atoms with Crippen molar-refractivity contribution in [3.63, 3.8) is 0 Å². The van der Waals surface area contributed by atoms with Gasteiger partial charge in [0.25, 0.3) is 5.56 Å². The highest BCUT2D eigenvalue weighted by atomic mass is 16.1. The first-order valence-electron chi connectivity index (χ1n) is 10.5. The van der Waals surface area contributed by atoms with Crippen molar-refractivity contribution < 1.29 is 0 Å². The third-order valence-electron chi connectivity index (χ3n) is 5.64. The Labute approximate surface area is 180 Å². The van der Waals surface area contributed by atoms with Gasteiger partial charge in [-0.3, -0.25) is 9.20 Å². The predicted molar refractivity (Wildman–Crippen MR) is 127 cm³/mol. The molecule has 2 aromatic carbocycles. The monoisotopic (exact) mass is 408 g/mol. The standard InChI is InChI=1S/C26H24N4O/c1-17-11-12-22-20(15-17)16-21(26(31)28-22)24-25(27-14-13-19-8-4-3-5-9-19)30-18(2)7-6-10-23(30)29-24/h3-12,15-16,27H,13-14H2,1-2H3,(H,28,31). The van der Waals surface area contributed by atoms with Crippen molar-refractivity contribution in [3.8, 4) is 11.3 Å². The normalized spacial score (nSPS) is 11.3. The Morgan fingerprint density at radius 1 is 0.968 bits per heavy atom. The molecule has 5 rings (SSSR count). The van der Waals surface area contributed by atoms with Crippen LogP contribution in [0.1, 0.15) is 16.8 Å². The number of nitrogens with one attached hydrogen (secondary N) is 2. The van der Waals surface area contributed by atoms with Gasteiger partial charge in [-0.2, -0.15) is 0 Å². The average molecular weight is 409 g/mol. The van der Waals surface area contributed by atoms with Gasteiger partial charge < -0.3 is 10.3 Å². The summed E-state index contributed by atoms with van der Waals surface area (Å²) >= 11 is 0. The summed E-state index contributed by atoms with van der Waals surface area (Å²) < 4.78 is 2.08. The molecule has 0 bridgehead atoms. The fourth-order valence-corrected chi connectivity index (χ4v) is 4.08. The van der Waals surface area contributed by atoms with Crippen LogP contribution in [0, 0.1) is 13.8 Å². The van der Waals surface area contributed by atoms with E-state index in [1.807, 2.05) is 36.4 Å². The van der Waals surface area contributed by atoms with Crippen LogP contribution in [0.2, 0.25) is 0 Å². The summed E-state index contributed by atoms with van der Waals surface area (Å²) in [5.74, 6) is 0.849. The Hall–Kier alpha value is -3.86. The molecule has 0 saturated carbocycles. The summed E-state index contributed by atoms with van der Waals surface area (Å²) in [5, 5.41) is 4.56. The Bertz CT molecular complexity index is 1450. The van der Waals surface area contributed by atoms with Crippen LogP contribution in [0.4, 0.5) is 5.82 Å². The van der Waals surface area contributed by atoms with Gasteiger partial charge in [0.2, 0.25) is 0 Å². The number of pyridine rings is 2. The lowest BCUT2D eigenvalue weighted by Gasteiger charge is -2.11. The number of anilines is 1. The molecule has 0 amide bonds. The highest BCUT2D eigenvalue weighted by molar-refractivity contribution is 5.86. The second kappa shape index (κ2) is 7.76. The zero-order valence-corrected chi connectivity index (χ0v) is 17.6. The minimum atomic E-state index is -0.136. The molecule has 0 aliphatic rings. The number of aromatic nitrogens is 3. The third kappa shape index (κ3) is 3.59. The molecule has 0 radical (unpaired) electrons. The number of nitrogens with zero attached hydrogens (tertiary/aromatic N) is 2. The van der Waals surface area contributed by atoms with Crippen LogP contribution in [0.25, 0.3) is 27.8 Å². The van der Waals surface area contributed by atoms with Gasteiger partial charge in [-0.05, 0) is 61.5 Å². The largest absolute Gasteiger partial charge is 0.369 e. The van der Waals surface area contributed by atoms with Crippen molar-refractivity contribution in [3.05, 3.63) is 100.0 Å². The molecule has 0 saturated heterocycles. The first-order chi connectivity index (χ1) is 15.1. The van der Waals surface area contributed by atoms with Crippen molar-refractivity contribution in [2.75, 3.05) is 11.9 Å². The first-order valence-corrected chi connectivity index (χ1v) is 10.5. The van der Waals surface area contributed by atoms with E-state index in [1.165, 1.54) is 5.56 Å². The number of fused-ring (bicyclic) bond motifs is 2. The molecule has 31 heavy (non-hydrogen) atoms. The van der Waals surface area contributed by atoms with Gasteiger partial charge in [0.05, 0.1) is 5.56 Å². The lowest BCUT2D eigenvalue weighted by Crippen LogP contribution is -2.12. The van der Waals surface area contributed by atoms with E-state index >= 15 is 0 Å². The molecule has 5 nitrogen and oxygen atoms in total. The number of rotatable bonds is 5. The number of hydrogen-bond acceptors (Lipinski definition) is 3. The van der Waals surface area contributed by atoms with E-state index in [-0.39, 0.29) is 5.56 Å². The molecular weight excluding hydrogens is 384 g/mol. The molecule has 0 aliphatic carbocycles. The fraction of sp³-hybridized carbons (Fsp3) is 0.154. The van der Waals surface area contributed by atoms with Gasteiger partial charge in [-0.15, -0.1) is 0 Å². The Morgan fingerprint density at radius 3 is 2.65 bits per heavy atom. The van der Waals surface area contributed by atoms with Gasteiger partial charge in [0.1, 0.15) is 17.2 Å². The van der Waals surface area contributed by atoms with Crippen LogP contribution < -0.4 is 10.9 Å². The van der Waals surface area contributed by atoms with Crippen LogP contribution >= 0.6 is 0 Å². The molecule has 3 heterocycles. The third-order valence-corrected chi connectivity index (χ3v) is 5.64. The van der Waals surface area contributed by atoms with Crippen molar-refractivity contribution in [1.29, 1.82) is 0 Å². The van der Waals surface area contributed by atoms with E-state index in [4.69, 9.17) is 4.98 Å². The molecule has 5 heteroatoms. The summed E-state index contributed by atoms with van der Waals surface area (Å²) in [5.41, 5.74) is 6.24. The Balaban J connectivity index is 1.62. The number of aromatic amines is 1. The van der Waals surface area contributed by atoms with E-state index < -0.39 is 0 Å². The number of H-pyrrole nitrogens is 1. The predicted octanol–water partition coefficient (Wildman–Crippen LogP) is 5.11. The summed E-state index contributed by atoms with van der Waals surface area (Å²) in [6.07, 6.45) is 0.882. The maximum absolute atomic E-state index is 13.0. The number of imidazole rings is 1. The zero-order chi connectivity index (χ0) is 21.4. The maximum atomic E-state index is 13.0. The van der Waals surface area contributed by atoms with Gasteiger partial charge in [-0.25, -0.2) is 4.98 Å². The Kier molecular flexibility index (Phi) is 4.79. The van der Waals surface area contributed by atoms with Crippen LogP contribution in [0.5, 0.6) is 0 Å². The molecule has 0 unspecified atom stereocenters. The van der Waals surface area contributed by atoms with Gasteiger partial charge in [0, 0.05) is 17.8 Å². The summed E-state index contributed by atoms with van der Waals surface area (Å²) in [6, 6.07) is 24.4. The van der Waals surface area contributed by atoms with E-state index in [1.54, 1.807) is 0 Å². The highest BCUT2D eigenvalue weighted by Gasteiger charge is 2.18. The maximum Gasteiger partial charge on any atom is 0.258 e. The number of aryl methyl sites for hydroxylation is 2. The molecule has 2 N–H and O–H groups in total. The minimum absolute atomic E-state index is 0.136. The van der Waals surface area contributed by atoms with Crippen LogP contribution in [-0.4, -0.2) is 20.9 Å². The van der Waals surface area contributed by atoms with Crippen molar-refractivity contribution >= 4 is 22.4 Å². The SMILES string of the molecule is Cc1ccc2[nH]c(=O)c(-c3nc4cccc(C)n4c3NCCc3ccccc3)cc2c1. The van der Waals surface area contributed by atoms with Crippen LogP contribution in [-0.2, 0) is 6.42 Å². The minimum Gasteiger partial charge on any atom is -0.369 e. The average Bonchev–Trinajstić information content (AvgIpc) is 3.14. The molecule has 154 valence electrons. The van der Waals surface area contributed by atoms with Crippen molar-refractivity contribution in [2.24, 2.45) is 0 Å². The van der Waals surface area contributed by atoms with Crippen molar-refractivity contribution in [2.45, 2.75) is 20.3 Å². The summed E-state index contributed by atoms with van der Waals surface area (Å²) in [7, 11) is 0. The van der Waals surface area contributed by atoms with E-state index in [9.17, 15) is 4.79 Å². The topological polar surface area (TPSA) is 62.2 Å². The van der Waals surface area contributed by atoms with Gasteiger partial charge >= 0.3 is 0 Å². The molecule has 0 fully saturated rings. The highest BCUT2D eigenvalue weighted by Crippen LogP contribution is 2.29. The lowest BCUT2D eigenvalue weighted by atomic mass is 10.1. The lowest BCUT2D eigenvalue weighted by molar-refractivity contribution is 0.988. The second-order valence-corrected chi connectivity index (χ2v) is 7.94. The Morgan fingerprint density at radius 2 is 1.81 bits per heavy atom. The molecule has 0 spiro atoms. The van der Waals surface area contributed by atoms with E-state index in [0.29, 0.717) is 11.3 Å². The van der Waals surface area contributed by atoms with Gasteiger partial charge in [-0.1, -0.05) is 48.0 Å². The molecule has 0 atom stereocenters. The molecule has 0 aliphatic heterocycles. The molecule has 3 aromatic heterocycles. The summed E-state index contributed by atoms with van der Waals surface area (Å²) in [4.78, 5) is 20.9. The smallest absolute Gasteiger partial charge is 0.258 e. The number of hydrogen-bond donors (Lipinski definition) is 2.